The molecule has 39 heavy (non-hydrogen) atoms. The molecule has 1 fully saturated rings. The molecule has 8 heteroatoms. The molecule has 0 saturated carbocycles. The molecule has 1 aromatic heterocycles. The van der Waals surface area contributed by atoms with Crippen LogP contribution in [-0.2, 0) is 24.3 Å². The maximum Gasteiger partial charge on any atom is 0.410 e. The topological polar surface area (TPSA) is 72.7 Å². The minimum atomic E-state index is -0.308. The van der Waals surface area contributed by atoms with Crippen LogP contribution >= 0.6 is 11.6 Å². The Morgan fingerprint density at radius 3 is 2.44 bits per heavy atom. The number of ether oxygens (including phenoxy) is 1. The lowest BCUT2D eigenvalue weighted by atomic mass is 9.95. The van der Waals surface area contributed by atoms with E-state index in [1.807, 2.05) is 36.4 Å². The van der Waals surface area contributed by atoms with Gasteiger partial charge in [0.1, 0.15) is 23.6 Å². The van der Waals surface area contributed by atoms with Gasteiger partial charge in [0, 0.05) is 55.9 Å². The average molecular weight is 538 g/mol. The van der Waals surface area contributed by atoms with Crippen molar-refractivity contribution in [2.24, 2.45) is 0 Å². The second-order valence-electron chi connectivity index (χ2n) is 9.85. The average Bonchev–Trinajstić information content (AvgIpc) is 2.99. The van der Waals surface area contributed by atoms with Crippen LogP contribution in [0.15, 0.2) is 72.8 Å². The first-order valence-corrected chi connectivity index (χ1v) is 13.5. The van der Waals surface area contributed by atoms with Crippen LogP contribution in [0.25, 0.3) is 10.8 Å². The maximum absolute atomic E-state index is 12.7. The van der Waals surface area contributed by atoms with Gasteiger partial charge in [0.05, 0.1) is 5.56 Å². The first-order valence-electron chi connectivity index (χ1n) is 13.2. The lowest BCUT2D eigenvalue weighted by Gasteiger charge is -2.38. The van der Waals surface area contributed by atoms with Crippen LogP contribution in [-0.4, -0.2) is 48.7 Å². The molecule has 0 spiro atoms. The number of fused-ring (bicyclic) bond motifs is 2. The lowest BCUT2D eigenvalue weighted by molar-refractivity contribution is 0.0941. The summed E-state index contributed by atoms with van der Waals surface area (Å²) in [7, 11) is 0. The van der Waals surface area contributed by atoms with Crippen LogP contribution in [0.1, 0.15) is 22.3 Å². The number of benzene rings is 3. The van der Waals surface area contributed by atoms with Crippen LogP contribution in [0.3, 0.4) is 0 Å². The summed E-state index contributed by atoms with van der Waals surface area (Å²) in [5.74, 6) is 0.823. The van der Waals surface area contributed by atoms with E-state index in [-0.39, 0.29) is 17.9 Å². The number of hydrogen-bond donors (Lipinski definition) is 0. The van der Waals surface area contributed by atoms with E-state index in [2.05, 4.69) is 52.3 Å². The monoisotopic (exact) mass is 537 g/mol. The number of nitriles is 1. The Balaban J connectivity index is 1.20. The van der Waals surface area contributed by atoms with Gasteiger partial charge >= 0.3 is 6.09 Å². The van der Waals surface area contributed by atoms with E-state index in [0.717, 1.165) is 41.2 Å². The fourth-order valence-corrected chi connectivity index (χ4v) is 5.79. The molecule has 0 N–H and O–H groups in total. The van der Waals surface area contributed by atoms with Gasteiger partial charge in [-0.15, -0.1) is 0 Å². The third kappa shape index (κ3) is 4.96. The number of halogens is 1. The van der Waals surface area contributed by atoms with Gasteiger partial charge in [-0.25, -0.2) is 9.78 Å². The van der Waals surface area contributed by atoms with E-state index < -0.39 is 0 Å². The number of aromatic nitrogens is 1. The number of hydrogen-bond acceptors (Lipinski definition) is 6. The molecular weight excluding hydrogens is 510 g/mol. The molecule has 0 bridgehead atoms. The number of rotatable bonds is 4. The van der Waals surface area contributed by atoms with E-state index in [4.69, 9.17) is 21.3 Å². The highest BCUT2D eigenvalue weighted by molar-refractivity contribution is 6.30. The predicted octanol–water partition coefficient (Wildman–Crippen LogP) is 5.78. The molecule has 0 atom stereocenters. The summed E-state index contributed by atoms with van der Waals surface area (Å²) < 4.78 is 5.52. The Morgan fingerprint density at radius 1 is 0.897 bits per heavy atom. The van der Waals surface area contributed by atoms with Gasteiger partial charge in [-0.05, 0) is 29.0 Å². The number of carbonyl (C=O) groups is 1. The molecule has 0 radical (unpaired) electrons. The van der Waals surface area contributed by atoms with E-state index in [0.29, 0.717) is 38.3 Å². The van der Waals surface area contributed by atoms with Gasteiger partial charge in [-0.3, -0.25) is 0 Å². The summed E-state index contributed by atoms with van der Waals surface area (Å²) in [5, 5.41) is 12.6. The molecule has 2 aliphatic rings. The number of pyridine rings is 1. The van der Waals surface area contributed by atoms with Gasteiger partial charge in [0.25, 0.3) is 0 Å². The molecule has 1 amide bonds. The summed E-state index contributed by atoms with van der Waals surface area (Å²) in [5.41, 5.74) is 4.58. The van der Waals surface area contributed by atoms with Crippen LogP contribution in [0, 0.1) is 11.3 Å². The highest BCUT2D eigenvalue weighted by Gasteiger charge is 2.30. The van der Waals surface area contributed by atoms with E-state index in [1.54, 1.807) is 4.90 Å². The molecule has 1 saturated heterocycles. The van der Waals surface area contributed by atoms with Crippen molar-refractivity contribution in [3.05, 3.63) is 100 Å². The summed E-state index contributed by atoms with van der Waals surface area (Å²) in [6.45, 7) is 3.96. The summed E-state index contributed by atoms with van der Waals surface area (Å²) >= 11 is 6.59. The van der Waals surface area contributed by atoms with Gasteiger partial charge < -0.3 is 19.4 Å². The third-order valence-electron chi connectivity index (χ3n) is 7.59. The Labute approximate surface area is 232 Å². The van der Waals surface area contributed by atoms with E-state index in [9.17, 15) is 10.1 Å². The number of nitrogens with zero attached hydrogens (tertiary/aromatic N) is 5. The van der Waals surface area contributed by atoms with Crippen LogP contribution in [0.5, 0.6) is 0 Å². The van der Waals surface area contributed by atoms with Crippen molar-refractivity contribution in [2.75, 3.05) is 42.5 Å². The van der Waals surface area contributed by atoms with E-state index in [1.165, 1.54) is 10.8 Å². The van der Waals surface area contributed by atoms with Gasteiger partial charge in [0.15, 0.2) is 0 Å². The second-order valence-corrected chi connectivity index (χ2v) is 10.2. The van der Waals surface area contributed by atoms with Crippen molar-refractivity contribution < 1.29 is 9.53 Å². The molecular formula is C31H28ClN5O2. The van der Waals surface area contributed by atoms with Gasteiger partial charge in [0.2, 0.25) is 0 Å². The Morgan fingerprint density at radius 2 is 1.64 bits per heavy atom. The highest BCUT2D eigenvalue weighted by Crippen LogP contribution is 2.37. The molecule has 4 aromatic rings. The number of piperazine rings is 1. The molecule has 196 valence electrons. The van der Waals surface area contributed by atoms with Crippen molar-refractivity contribution in [3.63, 3.8) is 0 Å². The first kappa shape index (κ1) is 25.0. The number of carbonyl (C=O) groups excluding carboxylic acids is 1. The zero-order valence-corrected chi connectivity index (χ0v) is 22.3. The van der Waals surface area contributed by atoms with Gasteiger partial charge in [-0.2, -0.15) is 5.26 Å². The van der Waals surface area contributed by atoms with Crippen molar-refractivity contribution in [1.82, 2.24) is 9.88 Å². The number of anilines is 2. The maximum atomic E-state index is 12.7. The molecule has 2 aliphatic heterocycles. The smallest absolute Gasteiger partial charge is 0.410 e. The van der Waals surface area contributed by atoms with Crippen molar-refractivity contribution in [3.8, 4) is 6.07 Å². The van der Waals surface area contributed by atoms with Crippen molar-refractivity contribution in [1.29, 1.82) is 5.26 Å². The fraction of sp³-hybridized carbons (Fsp3) is 0.258. The highest BCUT2D eigenvalue weighted by atomic mass is 35.5. The SMILES string of the molecule is N#Cc1c(Cl)nc(N2CCN(C(=O)OCc3ccccc3)CC2)c2c1CN(c1cccc3ccccc13)CC2. The normalized spacial score (nSPS) is 15.1. The van der Waals surface area contributed by atoms with Gasteiger partial charge in [-0.1, -0.05) is 78.3 Å². The predicted molar refractivity (Wildman–Crippen MR) is 153 cm³/mol. The van der Waals surface area contributed by atoms with E-state index >= 15 is 0 Å². The lowest BCUT2D eigenvalue weighted by Crippen LogP contribution is -2.49. The Bertz CT molecular complexity index is 1560. The van der Waals surface area contributed by atoms with Crippen LogP contribution in [0.2, 0.25) is 5.15 Å². The molecule has 7 nitrogen and oxygen atoms in total. The van der Waals surface area contributed by atoms with Crippen LogP contribution < -0.4 is 9.80 Å². The van der Waals surface area contributed by atoms with Crippen molar-refractivity contribution in [2.45, 2.75) is 19.6 Å². The molecule has 6 rings (SSSR count). The van der Waals surface area contributed by atoms with Crippen molar-refractivity contribution >= 4 is 40.0 Å². The molecule has 0 unspecified atom stereocenters. The molecule has 0 aliphatic carbocycles. The second kappa shape index (κ2) is 10.8. The largest absolute Gasteiger partial charge is 0.445 e. The Hall–Kier alpha value is -4.28. The first-order chi connectivity index (χ1) is 19.1. The minimum absolute atomic E-state index is 0.232. The fourth-order valence-electron chi connectivity index (χ4n) is 5.56. The third-order valence-corrected chi connectivity index (χ3v) is 7.86. The molecule has 3 aromatic carbocycles. The van der Waals surface area contributed by atoms with Crippen LogP contribution in [0.4, 0.5) is 16.3 Å². The summed E-state index contributed by atoms with van der Waals surface area (Å²) in [6.07, 6.45) is 0.448. The number of amides is 1. The summed E-state index contributed by atoms with van der Waals surface area (Å²) in [6, 6.07) is 26.7. The Kier molecular flexibility index (Phi) is 6.95. The summed E-state index contributed by atoms with van der Waals surface area (Å²) in [4.78, 5) is 23.6. The quantitative estimate of drug-likeness (QED) is 0.307. The standard InChI is InChI=1S/C31H28ClN5O2/c32-29-26(19-33)27-20-37(28-12-6-10-23-9-4-5-11-24(23)28)14-13-25(27)30(34-29)35-15-17-36(18-16-35)31(38)39-21-22-7-2-1-3-8-22/h1-12H,13-18,20-21H2. The minimum Gasteiger partial charge on any atom is -0.445 e. The molecule has 3 heterocycles. The zero-order chi connectivity index (χ0) is 26.8. The zero-order valence-electron chi connectivity index (χ0n) is 21.5.